The topological polar surface area (TPSA) is 105 Å². The molecule has 0 saturated carbocycles. The normalized spacial score (nSPS) is 10.7. The molecule has 0 unspecified atom stereocenters. The number of fused-ring (bicyclic) bond motifs is 1. The number of aryl methyl sites for hydroxylation is 1. The molecular formula is C21H17N3O4S. The maximum absolute atomic E-state index is 9.10. The highest BCUT2D eigenvalue weighted by molar-refractivity contribution is 7.10. The predicted molar refractivity (Wildman–Crippen MR) is 112 cm³/mol. The summed E-state index contributed by atoms with van der Waals surface area (Å²) in [6.45, 7) is 2.08. The van der Waals surface area contributed by atoms with Gasteiger partial charge in [0.15, 0.2) is 0 Å². The van der Waals surface area contributed by atoms with Crippen LogP contribution in [0, 0.1) is 6.92 Å². The van der Waals surface area contributed by atoms with Crippen LogP contribution in [-0.4, -0.2) is 36.7 Å². The number of hydrogen-bond donors (Lipinski definition) is 2. The second kappa shape index (κ2) is 8.94. The smallest absolute Gasteiger partial charge is 0.414 e. The molecule has 0 aliphatic rings. The van der Waals surface area contributed by atoms with Crippen LogP contribution in [0.1, 0.15) is 16.3 Å². The van der Waals surface area contributed by atoms with Crippen molar-refractivity contribution in [2.75, 3.05) is 0 Å². The summed E-state index contributed by atoms with van der Waals surface area (Å²) in [5, 5.41) is 16.9. The van der Waals surface area contributed by atoms with Crippen LogP contribution in [0.3, 0.4) is 0 Å². The van der Waals surface area contributed by atoms with E-state index < -0.39 is 11.9 Å². The van der Waals surface area contributed by atoms with Crippen LogP contribution in [0.5, 0.6) is 0 Å². The highest BCUT2D eigenvalue weighted by Crippen LogP contribution is 2.23. The Morgan fingerprint density at radius 2 is 1.83 bits per heavy atom. The first-order valence-electron chi connectivity index (χ1n) is 8.54. The molecular weight excluding hydrogens is 390 g/mol. The third kappa shape index (κ3) is 4.94. The first-order valence-corrected chi connectivity index (χ1v) is 9.42. The van der Waals surface area contributed by atoms with Gasteiger partial charge in [0.05, 0.1) is 11.0 Å². The Balaban J connectivity index is 0.000000353. The number of aromatic nitrogens is 3. The van der Waals surface area contributed by atoms with Crippen molar-refractivity contribution in [3.8, 4) is 5.82 Å². The minimum absolute atomic E-state index is 0.879. The molecule has 8 heteroatoms. The molecule has 0 fully saturated rings. The fraction of sp³-hybridized carbons (Fsp3) is 0.0476. The number of thiophene rings is 1. The van der Waals surface area contributed by atoms with Crippen LogP contribution in [0.25, 0.3) is 29.0 Å². The maximum atomic E-state index is 9.10. The predicted octanol–water partition coefficient (Wildman–Crippen LogP) is 4.12. The monoisotopic (exact) mass is 407 g/mol. The Morgan fingerprint density at radius 3 is 2.45 bits per heavy atom. The lowest BCUT2D eigenvalue weighted by molar-refractivity contribution is -0.159. The van der Waals surface area contributed by atoms with Gasteiger partial charge in [0.1, 0.15) is 11.6 Å². The molecule has 3 heterocycles. The summed E-state index contributed by atoms with van der Waals surface area (Å²) in [4.78, 5) is 28.7. The summed E-state index contributed by atoms with van der Waals surface area (Å²) in [6.07, 6.45) is 5.95. The molecule has 7 nitrogen and oxygen atoms in total. The molecule has 0 atom stereocenters. The van der Waals surface area contributed by atoms with E-state index in [4.69, 9.17) is 24.8 Å². The number of hydrogen-bond acceptors (Lipinski definition) is 5. The molecule has 0 aliphatic carbocycles. The summed E-state index contributed by atoms with van der Waals surface area (Å²) in [6, 6.07) is 16.4. The molecule has 0 bridgehead atoms. The SMILES string of the molecule is Cc1ccc2c(c1)nc(C=Cc1cccs1)n2-c1ccccn1.O=C(O)C(=O)O. The van der Waals surface area contributed by atoms with E-state index >= 15 is 0 Å². The van der Waals surface area contributed by atoms with E-state index in [1.165, 1.54) is 10.4 Å². The third-order valence-corrected chi connectivity index (χ3v) is 4.67. The van der Waals surface area contributed by atoms with Crippen molar-refractivity contribution in [3.63, 3.8) is 0 Å². The van der Waals surface area contributed by atoms with Crippen molar-refractivity contribution in [3.05, 3.63) is 76.4 Å². The van der Waals surface area contributed by atoms with Crippen LogP contribution in [-0.2, 0) is 9.59 Å². The van der Waals surface area contributed by atoms with Gasteiger partial charge >= 0.3 is 11.9 Å². The number of carboxylic acids is 2. The highest BCUT2D eigenvalue weighted by atomic mass is 32.1. The number of carboxylic acid groups (broad SMARTS) is 2. The molecule has 2 N–H and O–H groups in total. The molecule has 1 aromatic carbocycles. The molecule has 4 rings (SSSR count). The first-order chi connectivity index (χ1) is 14.0. The minimum Gasteiger partial charge on any atom is -0.473 e. The lowest BCUT2D eigenvalue weighted by Crippen LogP contribution is -2.09. The van der Waals surface area contributed by atoms with Gasteiger partial charge in [-0.3, -0.25) is 4.57 Å². The Hall–Kier alpha value is -3.78. The van der Waals surface area contributed by atoms with Crippen molar-refractivity contribution in [1.29, 1.82) is 0 Å². The number of nitrogens with zero attached hydrogens (tertiary/aromatic N) is 3. The number of aliphatic carboxylic acids is 2. The largest absolute Gasteiger partial charge is 0.473 e. The van der Waals surface area contributed by atoms with Crippen LogP contribution >= 0.6 is 11.3 Å². The van der Waals surface area contributed by atoms with Gasteiger partial charge in [-0.25, -0.2) is 19.6 Å². The average Bonchev–Trinajstić information content (AvgIpc) is 3.34. The Labute approximate surface area is 170 Å². The summed E-state index contributed by atoms with van der Waals surface area (Å²) in [5.74, 6) is -1.88. The van der Waals surface area contributed by atoms with Crippen LogP contribution in [0.4, 0.5) is 0 Å². The Morgan fingerprint density at radius 1 is 1.03 bits per heavy atom. The van der Waals surface area contributed by atoms with Crippen molar-refractivity contribution in [2.24, 2.45) is 0 Å². The fourth-order valence-electron chi connectivity index (χ4n) is 2.59. The number of pyridine rings is 1. The van der Waals surface area contributed by atoms with E-state index in [-0.39, 0.29) is 0 Å². The molecule has 0 radical (unpaired) electrons. The van der Waals surface area contributed by atoms with Crippen LogP contribution in [0.2, 0.25) is 0 Å². The van der Waals surface area contributed by atoms with E-state index in [0.717, 1.165) is 22.7 Å². The summed E-state index contributed by atoms with van der Waals surface area (Å²) >= 11 is 1.71. The van der Waals surface area contributed by atoms with Crippen molar-refractivity contribution >= 4 is 46.5 Å². The third-order valence-electron chi connectivity index (χ3n) is 3.84. The second-order valence-corrected chi connectivity index (χ2v) is 6.92. The van der Waals surface area contributed by atoms with Gasteiger partial charge in [0, 0.05) is 11.1 Å². The second-order valence-electron chi connectivity index (χ2n) is 5.94. The summed E-state index contributed by atoms with van der Waals surface area (Å²) < 4.78 is 2.10. The van der Waals surface area contributed by atoms with E-state index in [1.807, 2.05) is 24.4 Å². The van der Waals surface area contributed by atoms with Gasteiger partial charge in [-0.1, -0.05) is 18.2 Å². The fourth-order valence-corrected chi connectivity index (χ4v) is 3.21. The molecule has 0 aliphatic heterocycles. The number of rotatable bonds is 3. The van der Waals surface area contributed by atoms with Crippen LogP contribution in [0.15, 0.2) is 60.1 Å². The zero-order valence-electron chi connectivity index (χ0n) is 15.4. The molecule has 0 amide bonds. The van der Waals surface area contributed by atoms with E-state index in [1.54, 1.807) is 11.3 Å². The molecule has 4 aromatic rings. The zero-order valence-corrected chi connectivity index (χ0v) is 16.2. The number of carbonyl (C=O) groups is 2. The van der Waals surface area contributed by atoms with Crippen LogP contribution < -0.4 is 0 Å². The van der Waals surface area contributed by atoms with Gasteiger partial charge in [-0.05, 0) is 60.4 Å². The first kappa shape index (κ1) is 20.0. The van der Waals surface area contributed by atoms with Crippen molar-refractivity contribution in [2.45, 2.75) is 6.92 Å². The van der Waals surface area contributed by atoms with E-state index in [0.29, 0.717) is 0 Å². The number of benzene rings is 1. The van der Waals surface area contributed by atoms with Crippen molar-refractivity contribution < 1.29 is 19.8 Å². The van der Waals surface area contributed by atoms with Gasteiger partial charge in [-0.15, -0.1) is 11.3 Å². The van der Waals surface area contributed by atoms with Gasteiger partial charge in [-0.2, -0.15) is 0 Å². The van der Waals surface area contributed by atoms with Gasteiger partial charge < -0.3 is 10.2 Å². The maximum Gasteiger partial charge on any atom is 0.414 e. The Bertz CT molecular complexity index is 1150. The standard InChI is InChI=1S/C19H15N3S.C2H2O4/c1-14-7-9-17-16(13-14)21-19(10-8-15-5-4-12-23-15)22(17)18-6-2-3-11-20-18;3-1(4)2(5)6/h2-13H,1H3;(H,3,4)(H,5,6). The summed E-state index contributed by atoms with van der Waals surface area (Å²) in [5.41, 5.74) is 3.26. The number of imidazole rings is 1. The summed E-state index contributed by atoms with van der Waals surface area (Å²) in [7, 11) is 0. The van der Waals surface area contributed by atoms with E-state index in [9.17, 15) is 0 Å². The average molecular weight is 407 g/mol. The highest BCUT2D eigenvalue weighted by Gasteiger charge is 2.11. The Kier molecular flexibility index (Phi) is 6.16. The molecule has 0 saturated heterocycles. The molecule has 29 heavy (non-hydrogen) atoms. The lowest BCUT2D eigenvalue weighted by atomic mass is 10.2. The van der Waals surface area contributed by atoms with Crippen molar-refractivity contribution in [1.82, 2.24) is 14.5 Å². The molecule has 0 spiro atoms. The lowest BCUT2D eigenvalue weighted by Gasteiger charge is -2.05. The molecule has 146 valence electrons. The van der Waals surface area contributed by atoms with Gasteiger partial charge in [0.25, 0.3) is 0 Å². The quantitative estimate of drug-likeness (QED) is 0.495. The van der Waals surface area contributed by atoms with E-state index in [2.05, 4.69) is 64.3 Å². The zero-order chi connectivity index (χ0) is 20.8. The molecule has 3 aromatic heterocycles. The minimum atomic E-state index is -1.82. The van der Waals surface area contributed by atoms with Gasteiger partial charge in [0.2, 0.25) is 0 Å².